The molecule has 1 aliphatic rings. The van der Waals surface area contributed by atoms with Gasteiger partial charge in [0.05, 0.1) is 9.95 Å². The van der Waals surface area contributed by atoms with Crippen LogP contribution in [0.25, 0.3) is 0 Å². The molecular weight excluding hydrogens is 317 g/mol. The van der Waals surface area contributed by atoms with Gasteiger partial charge in [0, 0.05) is 25.2 Å². The van der Waals surface area contributed by atoms with Gasteiger partial charge in [-0.3, -0.25) is 14.9 Å². The summed E-state index contributed by atoms with van der Waals surface area (Å²) in [7, 11) is 0. The van der Waals surface area contributed by atoms with Crippen LogP contribution in [-0.4, -0.2) is 34.9 Å². The van der Waals surface area contributed by atoms with Crippen LogP contribution in [0.5, 0.6) is 0 Å². The molecule has 1 amide bonds. The number of hydrogen-bond donors (Lipinski definition) is 1. The van der Waals surface area contributed by atoms with E-state index in [0.29, 0.717) is 19.5 Å². The summed E-state index contributed by atoms with van der Waals surface area (Å²) in [5.74, 6) is -0.240. The van der Waals surface area contributed by atoms with Gasteiger partial charge in [0.25, 0.3) is 11.6 Å². The Bertz CT molecular complexity index is 553. The second-order valence-corrected chi connectivity index (χ2v) is 5.48. The van der Waals surface area contributed by atoms with Gasteiger partial charge in [-0.2, -0.15) is 0 Å². The van der Waals surface area contributed by atoms with Gasteiger partial charge in [-0.05, 0) is 18.4 Å². The molecule has 6 nitrogen and oxygen atoms in total. The number of amides is 1. The minimum absolute atomic E-state index is 0. The number of nitrogens with zero attached hydrogens (tertiary/aromatic N) is 2. The Morgan fingerprint density at radius 2 is 2.19 bits per heavy atom. The molecule has 2 atom stereocenters. The molecule has 0 radical (unpaired) electrons. The number of nitro groups is 1. The molecule has 1 saturated heterocycles. The molecule has 1 aliphatic heterocycles. The first-order valence-electron chi connectivity index (χ1n) is 6.39. The van der Waals surface area contributed by atoms with Gasteiger partial charge in [-0.1, -0.05) is 24.6 Å². The van der Waals surface area contributed by atoms with E-state index in [4.69, 9.17) is 17.3 Å². The number of rotatable bonds is 2. The van der Waals surface area contributed by atoms with Crippen LogP contribution in [0.4, 0.5) is 5.69 Å². The van der Waals surface area contributed by atoms with Crippen molar-refractivity contribution in [2.75, 3.05) is 13.1 Å². The summed E-state index contributed by atoms with van der Waals surface area (Å²) in [4.78, 5) is 24.5. The maximum Gasteiger partial charge on any atom is 0.283 e. The number of piperidine rings is 1. The summed E-state index contributed by atoms with van der Waals surface area (Å²) in [6.45, 7) is 2.94. The zero-order valence-corrected chi connectivity index (χ0v) is 13.1. The third-order valence-electron chi connectivity index (χ3n) is 3.66. The smallest absolute Gasteiger partial charge is 0.283 e. The Kier molecular flexibility index (Phi) is 5.95. The van der Waals surface area contributed by atoms with Crippen LogP contribution >= 0.6 is 24.0 Å². The topological polar surface area (TPSA) is 89.5 Å². The van der Waals surface area contributed by atoms with Crippen molar-refractivity contribution in [1.82, 2.24) is 4.90 Å². The Balaban J connectivity index is 0.00000220. The predicted molar refractivity (Wildman–Crippen MR) is 83.0 cm³/mol. The van der Waals surface area contributed by atoms with E-state index < -0.39 is 10.8 Å². The third kappa shape index (κ3) is 3.64. The van der Waals surface area contributed by atoms with Crippen LogP contribution in [0, 0.1) is 16.0 Å². The van der Waals surface area contributed by atoms with E-state index in [1.54, 1.807) is 4.90 Å². The highest BCUT2D eigenvalue weighted by Gasteiger charge is 2.31. The number of hydrogen-bond acceptors (Lipinski definition) is 4. The Labute approximate surface area is 133 Å². The maximum atomic E-state index is 12.5. The normalized spacial score (nSPS) is 21.6. The molecule has 2 unspecified atom stereocenters. The second-order valence-electron chi connectivity index (χ2n) is 5.07. The fourth-order valence-corrected chi connectivity index (χ4v) is 2.63. The first-order chi connectivity index (χ1) is 9.41. The molecule has 0 aliphatic carbocycles. The number of likely N-dealkylation sites (tertiary alicyclic amines) is 1. The van der Waals surface area contributed by atoms with Crippen LogP contribution in [-0.2, 0) is 0 Å². The van der Waals surface area contributed by atoms with Crippen LogP contribution in [0.2, 0.25) is 5.02 Å². The number of halogens is 2. The molecule has 1 heterocycles. The van der Waals surface area contributed by atoms with Gasteiger partial charge in [-0.25, -0.2) is 0 Å². The molecule has 0 aromatic heterocycles. The molecule has 1 fully saturated rings. The van der Waals surface area contributed by atoms with Crippen molar-refractivity contribution in [2.45, 2.75) is 19.4 Å². The highest BCUT2D eigenvalue weighted by molar-refractivity contribution is 6.34. The summed E-state index contributed by atoms with van der Waals surface area (Å²) in [6, 6.07) is 4.30. The van der Waals surface area contributed by atoms with Gasteiger partial charge >= 0.3 is 0 Å². The monoisotopic (exact) mass is 333 g/mol. The average molecular weight is 334 g/mol. The molecule has 2 rings (SSSR count). The van der Waals surface area contributed by atoms with Gasteiger partial charge in [0.1, 0.15) is 5.56 Å². The Morgan fingerprint density at radius 3 is 2.76 bits per heavy atom. The van der Waals surface area contributed by atoms with E-state index in [1.807, 2.05) is 6.92 Å². The summed E-state index contributed by atoms with van der Waals surface area (Å²) in [5, 5.41) is 11.1. The maximum absolute atomic E-state index is 12.5. The van der Waals surface area contributed by atoms with E-state index in [-0.39, 0.29) is 40.6 Å². The van der Waals surface area contributed by atoms with Crippen LogP contribution in [0.3, 0.4) is 0 Å². The first-order valence-corrected chi connectivity index (χ1v) is 6.77. The SMILES string of the molecule is CC1CN(C(=O)c2c(Cl)cccc2[N+](=O)[O-])CCC1N.Cl. The molecule has 2 N–H and O–H groups in total. The van der Waals surface area contributed by atoms with Crippen LogP contribution in [0.15, 0.2) is 18.2 Å². The summed E-state index contributed by atoms with van der Waals surface area (Å²) < 4.78 is 0. The molecule has 0 spiro atoms. The lowest BCUT2D eigenvalue weighted by Gasteiger charge is -2.35. The predicted octanol–water partition coefficient (Wildman–Crippen LogP) is 2.48. The molecule has 1 aromatic carbocycles. The standard InChI is InChI=1S/C13H16ClN3O3.ClH/c1-8-7-16(6-5-10(8)15)13(18)12-9(14)3-2-4-11(12)17(19)20;/h2-4,8,10H,5-7,15H2,1H3;1H. The van der Waals surface area contributed by atoms with Crippen LogP contribution < -0.4 is 5.73 Å². The fraction of sp³-hybridized carbons (Fsp3) is 0.462. The lowest BCUT2D eigenvalue weighted by molar-refractivity contribution is -0.385. The molecule has 1 aromatic rings. The van der Waals surface area contributed by atoms with Gasteiger partial charge < -0.3 is 10.6 Å². The van der Waals surface area contributed by atoms with Crippen molar-refractivity contribution >= 4 is 35.6 Å². The Morgan fingerprint density at radius 1 is 1.52 bits per heavy atom. The highest BCUT2D eigenvalue weighted by Crippen LogP contribution is 2.29. The third-order valence-corrected chi connectivity index (χ3v) is 3.98. The zero-order chi connectivity index (χ0) is 14.9. The number of carbonyl (C=O) groups is 1. The summed E-state index contributed by atoms with van der Waals surface area (Å²) in [6.07, 6.45) is 0.686. The average Bonchev–Trinajstić information content (AvgIpc) is 2.40. The van der Waals surface area contributed by atoms with E-state index in [9.17, 15) is 14.9 Å². The molecule has 0 saturated carbocycles. The lowest BCUT2D eigenvalue weighted by Crippen LogP contribution is -2.48. The van der Waals surface area contributed by atoms with E-state index in [0.717, 1.165) is 0 Å². The lowest BCUT2D eigenvalue weighted by atomic mass is 9.94. The summed E-state index contributed by atoms with van der Waals surface area (Å²) >= 11 is 5.98. The number of nitrogens with two attached hydrogens (primary N) is 1. The van der Waals surface area contributed by atoms with Crippen molar-refractivity contribution in [3.8, 4) is 0 Å². The van der Waals surface area contributed by atoms with Crippen molar-refractivity contribution in [3.63, 3.8) is 0 Å². The number of nitro benzene ring substituents is 1. The highest BCUT2D eigenvalue weighted by atomic mass is 35.5. The molecule has 21 heavy (non-hydrogen) atoms. The second kappa shape index (κ2) is 7.06. The molecule has 0 bridgehead atoms. The van der Waals surface area contributed by atoms with Crippen molar-refractivity contribution < 1.29 is 9.72 Å². The summed E-state index contributed by atoms with van der Waals surface area (Å²) in [5.41, 5.74) is 5.62. The van der Waals surface area contributed by atoms with E-state index >= 15 is 0 Å². The van der Waals surface area contributed by atoms with Gasteiger partial charge in [0.15, 0.2) is 0 Å². The van der Waals surface area contributed by atoms with Crippen LogP contribution in [0.1, 0.15) is 23.7 Å². The Hall–Kier alpha value is -1.37. The van der Waals surface area contributed by atoms with E-state index in [1.165, 1.54) is 18.2 Å². The zero-order valence-electron chi connectivity index (χ0n) is 11.5. The number of carbonyl (C=O) groups excluding carboxylic acids is 1. The minimum atomic E-state index is -0.585. The quantitative estimate of drug-likeness (QED) is 0.665. The molecule has 116 valence electrons. The van der Waals surface area contributed by atoms with Crippen molar-refractivity contribution in [1.29, 1.82) is 0 Å². The molecular formula is C13H17Cl2N3O3. The first kappa shape index (κ1) is 17.7. The number of benzene rings is 1. The van der Waals surface area contributed by atoms with Gasteiger partial charge in [0.2, 0.25) is 0 Å². The van der Waals surface area contributed by atoms with E-state index in [2.05, 4.69) is 0 Å². The largest absolute Gasteiger partial charge is 0.338 e. The van der Waals surface area contributed by atoms with Gasteiger partial charge in [-0.15, -0.1) is 12.4 Å². The van der Waals surface area contributed by atoms with Crippen molar-refractivity contribution in [2.24, 2.45) is 11.7 Å². The van der Waals surface area contributed by atoms with Crippen molar-refractivity contribution in [3.05, 3.63) is 38.9 Å². The molecule has 8 heteroatoms. The minimum Gasteiger partial charge on any atom is -0.338 e. The fourth-order valence-electron chi connectivity index (χ4n) is 2.38.